The maximum atomic E-state index is 12.0. The van der Waals surface area contributed by atoms with Crippen LogP contribution < -0.4 is 11.1 Å². The van der Waals surface area contributed by atoms with Crippen molar-refractivity contribution in [1.29, 1.82) is 0 Å². The van der Waals surface area contributed by atoms with Crippen LogP contribution in [0.25, 0.3) is 0 Å². The molecule has 0 bridgehead atoms. The first-order valence-electron chi connectivity index (χ1n) is 6.35. The van der Waals surface area contributed by atoms with E-state index in [9.17, 15) is 4.79 Å². The Morgan fingerprint density at radius 2 is 2.06 bits per heavy atom. The third-order valence-electron chi connectivity index (χ3n) is 2.86. The molecular weight excluding hydrogens is 226 g/mol. The zero-order valence-electron chi connectivity index (χ0n) is 11.4. The van der Waals surface area contributed by atoms with Gasteiger partial charge in [-0.05, 0) is 37.0 Å². The van der Waals surface area contributed by atoms with Gasteiger partial charge in [0.15, 0.2) is 0 Å². The molecule has 4 heteroatoms. The van der Waals surface area contributed by atoms with Crippen LogP contribution in [0.1, 0.15) is 32.8 Å². The molecule has 1 rings (SSSR count). The lowest BCUT2D eigenvalue weighted by atomic mass is 9.90. The number of hydrogen-bond acceptors (Lipinski definition) is 3. The molecule has 0 aromatic carbocycles. The highest BCUT2D eigenvalue weighted by Gasteiger charge is 2.25. The largest absolute Gasteiger partial charge is 0.349 e. The van der Waals surface area contributed by atoms with E-state index in [2.05, 4.69) is 24.1 Å². The lowest BCUT2D eigenvalue weighted by Gasteiger charge is -2.31. The molecule has 0 radical (unpaired) electrons. The number of nitrogens with zero attached hydrogens (tertiary/aromatic N) is 1. The SMILES string of the molecule is CC(C)CC(C)(CN)NC(=O)Cc1ccncc1. The van der Waals surface area contributed by atoms with Crippen LogP contribution in [0.2, 0.25) is 0 Å². The molecule has 0 fully saturated rings. The number of hydrogen-bond donors (Lipinski definition) is 2. The van der Waals surface area contributed by atoms with Crippen molar-refractivity contribution in [3.8, 4) is 0 Å². The van der Waals surface area contributed by atoms with Crippen molar-refractivity contribution in [3.05, 3.63) is 30.1 Å². The van der Waals surface area contributed by atoms with Gasteiger partial charge in [-0.15, -0.1) is 0 Å². The number of amides is 1. The molecule has 0 spiro atoms. The quantitative estimate of drug-likeness (QED) is 0.803. The maximum absolute atomic E-state index is 12.0. The first-order valence-corrected chi connectivity index (χ1v) is 6.35. The molecule has 1 unspecified atom stereocenters. The zero-order valence-corrected chi connectivity index (χ0v) is 11.4. The molecule has 0 aliphatic carbocycles. The van der Waals surface area contributed by atoms with Crippen LogP contribution in [0.3, 0.4) is 0 Å². The summed E-state index contributed by atoms with van der Waals surface area (Å²) >= 11 is 0. The Morgan fingerprint density at radius 3 is 2.56 bits per heavy atom. The van der Waals surface area contributed by atoms with E-state index in [0.29, 0.717) is 18.9 Å². The van der Waals surface area contributed by atoms with E-state index in [1.807, 2.05) is 19.1 Å². The Hall–Kier alpha value is -1.42. The average molecular weight is 249 g/mol. The number of rotatable bonds is 6. The molecule has 100 valence electrons. The zero-order chi connectivity index (χ0) is 13.6. The summed E-state index contributed by atoms with van der Waals surface area (Å²) in [5.74, 6) is 0.509. The third-order valence-corrected chi connectivity index (χ3v) is 2.86. The Morgan fingerprint density at radius 1 is 1.44 bits per heavy atom. The van der Waals surface area contributed by atoms with Crippen LogP contribution in [0, 0.1) is 5.92 Å². The molecule has 4 nitrogen and oxygen atoms in total. The highest BCUT2D eigenvalue weighted by Crippen LogP contribution is 2.15. The van der Waals surface area contributed by atoms with Gasteiger partial charge in [0.05, 0.1) is 6.42 Å². The minimum Gasteiger partial charge on any atom is -0.349 e. The lowest BCUT2D eigenvalue weighted by Crippen LogP contribution is -2.52. The van der Waals surface area contributed by atoms with E-state index in [-0.39, 0.29) is 11.4 Å². The van der Waals surface area contributed by atoms with E-state index in [1.54, 1.807) is 12.4 Å². The molecular formula is C14H23N3O. The van der Waals surface area contributed by atoms with Crippen molar-refractivity contribution >= 4 is 5.91 Å². The van der Waals surface area contributed by atoms with Crippen LogP contribution in [-0.4, -0.2) is 23.0 Å². The van der Waals surface area contributed by atoms with Gasteiger partial charge in [0.2, 0.25) is 5.91 Å². The first-order chi connectivity index (χ1) is 8.45. The molecule has 1 amide bonds. The summed E-state index contributed by atoms with van der Waals surface area (Å²) in [5.41, 5.74) is 6.42. The second-order valence-electron chi connectivity index (χ2n) is 5.44. The van der Waals surface area contributed by atoms with Gasteiger partial charge in [0.25, 0.3) is 0 Å². The minimum absolute atomic E-state index is 0.00907. The smallest absolute Gasteiger partial charge is 0.224 e. The number of pyridine rings is 1. The molecule has 1 heterocycles. The van der Waals surface area contributed by atoms with Gasteiger partial charge in [-0.25, -0.2) is 0 Å². The van der Waals surface area contributed by atoms with E-state index in [4.69, 9.17) is 5.73 Å². The van der Waals surface area contributed by atoms with Crippen molar-refractivity contribution in [2.75, 3.05) is 6.54 Å². The second-order valence-corrected chi connectivity index (χ2v) is 5.44. The standard InChI is InChI=1S/C14H23N3O/c1-11(2)9-14(3,10-15)17-13(18)8-12-4-6-16-7-5-12/h4-7,11H,8-10,15H2,1-3H3,(H,17,18). The predicted octanol–water partition coefficient (Wildman–Crippen LogP) is 1.50. The molecule has 1 aromatic heterocycles. The summed E-state index contributed by atoms with van der Waals surface area (Å²) in [5, 5.41) is 3.04. The van der Waals surface area contributed by atoms with Gasteiger partial charge in [0, 0.05) is 24.5 Å². The average Bonchev–Trinajstić information content (AvgIpc) is 2.28. The highest BCUT2D eigenvalue weighted by molar-refractivity contribution is 5.79. The van der Waals surface area contributed by atoms with Crippen LogP contribution in [-0.2, 0) is 11.2 Å². The summed E-state index contributed by atoms with van der Waals surface area (Å²) in [6.07, 6.45) is 4.64. The molecule has 0 saturated heterocycles. The van der Waals surface area contributed by atoms with E-state index in [0.717, 1.165) is 12.0 Å². The topological polar surface area (TPSA) is 68.0 Å². The van der Waals surface area contributed by atoms with Crippen LogP contribution in [0.15, 0.2) is 24.5 Å². The van der Waals surface area contributed by atoms with E-state index in [1.165, 1.54) is 0 Å². The van der Waals surface area contributed by atoms with Crippen molar-refractivity contribution in [2.24, 2.45) is 11.7 Å². The van der Waals surface area contributed by atoms with Gasteiger partial charge in [-0.3, -0.25) is 9.78 Å². The summed E-state index contributed by atoms with van der Waals surface area (Å²) in [6.45, 7) is 6.70. The van der Waals surface area contributed by atoms with Crippen LogP contribution in [0.4, 0.5) is 0 Å². The van der Waals surface area contributed by atoms with Gasteiger partial charge in [0.1, 0.15) is 0 Å². The van der Waals surface area contributed by atoms with Crippen LogP contribution >= 0.6 is 0 Å². The number of carbonyl (C=O) groups is 1. The third kappa shape index (κ3) is 4.84. The Bertz CT molecular complexity index is 378. The van der Waals surface area contributed by atoms with Crippen molar-refractivity contribution in [3.63, 3.8) is 0 Å². The Labute approximate surface area is 109 Å². The van der Waals surface area contributed by atoms with Gasteiger partial charge in [-0.2, -0.15) is 0 Å². The lowest BCUT2D eigenvalue weighted by molar-refractivity contribution is -0.122. The van der Waals surface area contributed by atoms with Gasteiger partial charge < -0.3 is 11.1 Å². The van der Waals surface area contributed by atoms with E-state index >= 15 is 0 Å². The van der Waals surface area contributed by atoms with Crippen LogP contribution in [0.5, 0.6) is 0 Å². The molecule has 0 aliphatic rings. The summed E-state index contributed by atoms with van der Waals surface area (Å²) < 4.78 is 0. The molecule has 3 N–H and O–H groups in total. The number of nitrogens with one attached hydrogen (secondary N) is 1. The fourth-order valence-electron chi connectivity index (χ4n) is 2.15. The Balaban J connectivity index is 2.57. The number of aromatic nitrogens is 1. The fraction of sp³-hybridized carbons (Fsp3) is 0.571. The molecule has 1 atom stereocenters. The van der Waals surface area contributed by atoms with Crippen molar-refractivity contribution in [2.45, 2.75) is 39.2 Å². The molecule has 0 saturated carbocycles. The second kappa shape index (κ2) is 6.50. The normalized spacial score (nSPS) is 14.3. The van der Waals surface area contributed by atoms with Crippen molar-refractivity contribution in [1.82, 2.24) is 10.3 Å². The first kappa shape index (κ1) is 14.6. The maximum Gasteiger partial charge on any atom is 0.224 e. The monoisotopic (exact) mass is 249 g/mol. The predicted molar refractivity (Wildman–Crippen MR) is 73.0 cm³/mol. The number of nitrogens with two attached hydrogens (primary N) is 1. The Kier molecular flexibility index (Phi) is 5.28. The van der Waals surface area contributed by atoms with Gasteiger partial charge >= 0.3 is 0 Å². The van der Waals surface area contributed by atoms with E-state index < -0.39 is 0 Å². The van der Waals surface area contributed by atoms with Crippen molar-refractivity contribution < 1.29 is 4.79 Å². The molecule has 1 aromatic rings. The summed E-state index contributed by atoms with van der Waals surface area (Å²) in [7, 11) is 0. The summed E-state index contributed by atoms with van der Waals surface area (Å²) in [6, 6.07) is 3.70. The number of carbonyl (C=O) groups excluding carboxylic acids is 1. The minimum atomic E-state index is -0.321. The molecule has 0 aliphatic heterocycles. The molecule has 18 heavy (non-hydrogen) atoms. The summed E-state index contributed by atoms with van der Waals surface area (Å²) in [4.78, 5) is 15.9. The van der Waals surface area contributed by atoms with Gasteiger partial charge in [-0.1, -0.05) is 13.8 Å². The fourth-order valence-corrected chi connectivity index (χ4v) is 2.15. The highest BCUT2D eigenvalue weighted by atomic mass is 16.1.